The van der Waals surface area contributed by atoms with E-state index in [0.29, 0.717) is 19.7 Å². The van der Waals surface area contributed by atoms with Gasteiger partial charge in [-0.25, -0.2) is 0 Å². The molecule has 1 N–H and O–H groups in total. The number of aliphatic hydroxyl groups excluding tert-OH is 1. The zero-order valence-electron chi connectivity index (χ0n) is 11.9. The van der Waals surface area contributed by atoms with Crippen molar-refractivity contribution in [2.45, 2.75) is 18.9 Å². The molecule has 0 spiro atoms. The second-order valence-electron chi connectivity index (χ2n) is 5.00. The highest BCUT2D eigenvalue weighted by atomic mass is 79.9. The topological polar surface area (TPSA) is 49.8 Å². The molecule has 1 aromatic rings. The second kappa shape index (κ2) is 8.32. The van der Waals surface area contributed by atoms with Crippen molar-refractivity contribution in [1.82, 2.24) is 4.90 Å². The van der Waals surface area contributed by atoms with E-state index in [2.05, 4.69) is 15.9 Å². The van der Waals surface area contributed by atoms with Crippen molar-refractivity contribution in [3.05, 3.63) is 40.4 Å². The average Bonchev–Trinajstić information content (AvgIpc) is 2.52. The molecule has 21 heavy (non-hydrogen) atoms. The fraction of sp³-hybridized carbons (Fsp3) is 0.438. The van der Waals surface area contributed by atoms with E-state index in [0.717, 1.165) is 22.9 Å². The van der Waals surface area contributed by atoms with Gasteiger partial charge < -0.3 is 14.7 Å². The van der Waals surface area contributed by atoms with E-state index in [4.69, 9.17) is 9.84 Å². The van der Waals surface area contributed by atoms with Crippen LogP contribution in [0.3, 0.4) is 0 Å². The Hall–Kier alpha value is -1.17. The molecule has 0 unspecified atom stereocenters. The van der Waals surface area contributed by atoms with E-state index in [-0.39, 0.29) is 18.6 Å². The van der Waals surface area contributed by atoms with Crippen LogP contribution in [0.2, 0.25) is 0 Å². The number of hydrogen-bond acceptors (Lipinski definition) is 3. The zero-order valence-corrected chi connectivity index (χ0v) is 13.5. The second-order valence-corrected chi connectivity index (χ2v) is 5.92. The van der Waals surface area contributed by atoms with E-state index < -0.39 is 0 Å². The highest BCUT2D eigenvalue weighted by Gasteiger charge is 2.21. The SMILES string of the molecule is O=C(/C=C/c1ccc(Br)cc1)N1CCC(OCCO)CC1. The highest BCUT2D eigenvalue weighted by Crippen LogP contribution is 2.15. The third kappa shape index (κ3) is 5.26. The summed E-state index contributed by atoms with van der Waals surface area (Å²) in [5.41, 5.74) is 1.01. The molecule has 5 heteroatoms. The molecule has 1 heterocycles. The van der Waals surface area contributed by atoms with Gasteiger partial charge in [-0.15, -0.1) is 0 Å². The number of hydrogen-bond donors (Lipinski definition) is 1. The van der Waals surface area contributed by atoms with Crippen LogP contribution in [0.1, 0.15) is 18.4 Å². The first-order chi connectivity index (χ1) is 10.2. The molecule has 0 aliphatic carbocycles. The number of benzene rings is 1. The molecule has 114 valence electrons. The van der Waals surface area contributed by atoms with Crippen LogP contribution in [0.15, 0.2) is 34.8 Å². The molecular formula is C16H20BrNO3. The predicted octanol–water partition coefficient (Wildman–Crippen LogP) is 2.46. The van der Waals surface area contributed by atoms with E-state index in [1.807, 2.05) is 35.2 Å². The first-order valence-corrected chi connectivity index (χ1v) is 7.93. The van der Waals surface area contributed by atoms with Crippen LogP contribution in [0.4, 0.5) is 0 Å². The fourth-order valence-corrected chi connectivity index (χ4v) is 2.57. The molecule has 2 rings (SSSR count). The maximum absolute atomic E-state index is 12.1. The summed E-state index contributed by atoms with van der Waals surface area (Å²) in [6.45, 7) is 1.84. The molecule has 0 saturated carbocycles. The Morgan fingerprint density at radius 3 is 2.62 bits per heavy atom. The molecule has 1 aliphatic rings. The zero-order chi connectivity index (χ0) is 15.1. The summed E-state index contributed by atoms with van der Waals surface area (Å²) in [5.74, 6) is 0.0403. The number of aliphatic hydroxyl groups is 1. The molecule has 1 saturated heterocycles. The van der Waals surface area contributed by atoms with E-state index in [9.17, 15) is 4.79 Å². The summed E-state index contributed by atoms with van der Waals surface area (Å²) in [5, 5.41) is 8.73. The Balaban J connectivity index is 1.80. The Labute approximate surface area is 133 Å². The lowest BCUT2D eigenvalue weighted by molar-refractivity contribution is -0.128. The number of rotatable bonds is 5. The third-order valence-electron chi connectivity index (χ3n) is 3.49. The van der Waals surface area contributed by atoms with Crippen LogP contribution < -0.4 is 0 Å². The summed E-state index contributed by atoms with van der Waals surface area (Å²) in [6, 6.07) is 7.83. The Kier molecular flexibility index (Phi) is 6.42. The summed E-state index contributed by atoms with van der Waals surface area (Å²) >= 11 is 3.38. The lowest BCUT2D eigenvalue weighted by Crippen LogP contribution is -2.40. The highest BCUT2D eigenvalue weighted by molar-refractivity contribution is 9.10. The predicted molar refractivity (Wildman–Crippen MR) is 85.8 cm³/mol. The third-order valence-corrected chi connectivity index (χ3v) is 4.02. The lowest BCUT2D eigenvalue weighted by atomic mass is 10.1. The van der Waals surface area contributed by atoms with Gasteiger partial charge in [-0.05, 0) is 36.6 Å². The summed E-state index contributed by atoms with van der Waals surface area (Å²) in [6.07, 6.45) is 5.29. The molecule has 1 fully saturated rings. The Morgan fingerprint density at radius 2 is 2.00 bits per heavy atom. The van der Waals surface area contributed by atoms with Gasteiger partial charge in [-0.2, -0.15) is 0 Å². The molecule has 0 radical (unpaired) electrons. The Bertz CT molecular complexity index is 479. The van der Waals surface area contributed by atoms with Gasteiger partial charge in [-0.1, -0.05) is 28.1 Å². The van der Waals surface area contributed by atoms with Gasteiger partial charge in [0.2, 0.25) is 5.91 Å². The van der Waals surface area contributed by atoms with Crippen molar-refractivity contribution in [2.24, 2.45) is 0 Å². The standard InChI is InChI=1S/C16H20BrNO3/c17-14-4-1-13(2-5-14)3-6-16(20)18-9-7-15(8-10-18)21-12-11-19/h1-6,15,19H,7-12H2/b6-3+. The summed E-state index contributed by atoms with van der Waals surface area (Å²) in [7, 11) is 0. The van der Waals surface area contributed by atoms with Gasteiger partial charge in [0.25, 0.3) is 0 Å². The van der Waals surface area contributed by atoms with Gasteiger partial charge in [0, 0.05) is 23.6 Å². The number of ether oxygens (including phenoxy) is 1. The first-order valence-electron chi connectivity index (χ1n) is 7.14. The van der Waals surface area contributed by atoms with Crippen LogP contribution in [-0.4, -0.2) is 48.3 Å². The van der Waals surface area contributed by atoms with Crippen LogP contribution in [0.25, 0.3) is 6.08 Å². The van der Waals surface area contributed by atoms with Crippen molar-refractivity contribution < 1.29 is 14.6 Å². The fourth-order valence-electron chi connectivity index (χ4n) is 2.31. The molecular weight excluding hydrogens is 334 g/mol. The monoisotopic (exact) mass is 353 g/mol. The quantitative estimate of drug-likeness (QED) is 0.827. The van der Waals surface area contributed by atoms with Crippen molar-refractivity contribution in [3.8, 4) is 0 Å². The van der Waals surface area contributed by atoms with E-state index >= 15 is 0 Å². The van der Waals surface area contributed by atoms with Crippen molar-refractivity contribution in [3.63, 3.8) is 0 Å². The van der Waals surface area contributed by atoms with Gasteiger partial charge in [-0.3, -0.25) is 4.79 Å². The minimum absolute atomic E-state index is 0.0403. The van der Waals surface area contributed by atoms with Gasteiger partial charge in [0.15, 0.2) is 0 Å². The van der Waals surface area contributed by atoms with E-state index in [1.165, 1.54) is 0 Å². The number of carbonyl (C=O) groups excluding carboxylic acids is 1. The van der Waals surface area contributed by atoms with Crippen molar-refractivity contribution in [1.29, 1.82) is 0 Å². The number of amides is 1. The molecule has 1 aliphatic heterocycles. The molecule has 0 bridgehead atoms. The molecule has 4 nitrogen and oxygen atoms in total. The maximum atomic E-state index is 12.1. The smallest absolute Gasteiger partial charge is 0.246 e. The number of likely N-dealkylation sites (tertiary alicyclic amines) is 1. The largest absolute Gasteiger partial charge is 0.394 e. The normalized spacial score (nSPS) is 16.6. The Morgan fingerprint density at radius 1 is 1.33 bits per heavy atom. The minimum atomic E-state index is 0.0403. The number of nitrogens with zero attached hydrogens (tertiary/aromatic N) is 1. The molecule has 0 atom stereocenters. The first kappa shape index (κ1) is 16.2. The lowest BCUT2D eigenvalue weighted by Gasteiger charge is -2.31. The number of piperidine rings is 1. The van der Waals surface area contributed by atoms with Crippen LogP contribution in [0.5, 0.6) is 0 Å². The number of halogens is 1. The summed E-state index contributed by atoms with van der Waals surface area (Å²) < 4.78 is 6.51. The van der Waals surface area contributed by atoms with Crippen LogP contribution in [0, 0.1) is 0 Å². The van der Waals surface area contributed by atoms with Gasteiger partial charge in [0.1, 0.15) is 0 Å². The van der Waals surface area contributed by atoms with Gasteiger partial charge >= 0.3 is 0 Å². The number of carbonyl (C=O) groups is 1. The van der Waals surface area contributed by atoms with Crippen molar-refractivity contribution >= 4 is 27.9 Å². The van der Waals surface area contributed by atoms with Crippen LogP contribution >= 0.6 is 15.9 Å². The minimum Gasteiger partial charge on any atom is -0.394 e. The maximum Gasteiger partial charge on any atom is 0.246 e. The summed E-state index contributed by atoms with van der Waals surface area (Å²) in [4.78, 5) is 13.9. The van der Waals surface area contributed by atoms with E-state index in [1.54, 1.807) is 6.08 Å². The average molecular weight is 354 g/mol. The molecule has 0 aromatic heterocycles. The van der Waals surface area contributed by atoms with Gasteiger partial charge in [0.05, 0.1) is 19.3 Å². The molecule has 1 amide bonds. The molecule has 1 aromatic carbocycles. The van der Waals surface area contributed by atoms with Crippen molar-refractivity contribution in [2.75, 3.05) is 26.3 Å². The van der Waals surface area contributed by atoms with Crippen LogP contribution in [-0.2, 0) is 9.53 Å².